The molecule has 2 rings (SSSR count). The molecule has 1 heterocycles. The number of nitrogens with zero attached hydrogens (tertiary/aromatic N) is 3. The van der Waals surface area contributed by atoms with Crippen LogP contribution in [0.4, 0.5) is 24.9 Å². The number of benzene rings is 1. The molecule has 1 N–H and O–H groups in total. The van der Waals surface area contributed by atoms with E-state index in [1.807, 2.05) is 6.07 Å². The fourth-order valence-electron chi connectivity index (χ4n) is 1.85. The standard InChI is InChI=1S/C15H17F3N4O/c1-22(2)13-8-12(15(16,17)18)20-14(21-13)19-9-10-5-4-6-11(7-10)23-3/h4-8H,9H2,1-3H3,(H,19,20,21). The van der Waals surface area contributed by atoms with E-state index in [1.165, 1.54) is 4.90 Å². The van der Waals surface area contributed by atoms with Crippen LogP contribution in [-0.4, -0.2) is 31.2 Å². The summed E-state index contributed by atoms with van der Waals surface area (Å²) in [7, 11) is 4.79. The first-order valence-electron chi connectivity index (χ1n) is 6.80. The first kappa shape index (κ1) is 16.9. The quantitative estimate of drug-likeness (QED) is 0.914. The van der Waals surface area contributed by atoms with E-state index in [0.717, 1.165) is 11.6 Å². The summed E-state index contributed by atoms with van der Waals surface area (Å²) < 4.78 is 43.9. The van der Waals surface area contributed by atoms with E-state index < -0.39 is 11.9 Å². The van der Waals surface area contributed by atoms with Crippen molar-refractivity contribution in [3.8, 4) is 5.75 Å². The molecule has 124 valence electrons. The minimum absolute atomic E-state index is 0.0775. The molecule has 0 spiro atoms. The van der Waals surface area contributed by atoms with Gasteiger partial charge in [-0.1, -0.05) is 12.1 Å². The lowest BCUT2D eigenvalue weighted by Crippen LogP contribution is -2.17. The Labute approximate surface area is 132 Å². The first-order chi connectivity index (χ1) is 10.8. The van der Waals surface area contributed by atoms with Crippen molar-refractivity contribution in [2.24, 2.45) is 0 Å². The van der Waals surface area contributed by atoms with E-state index in [1.54, 1.807) is 39.4 Å². The summed E-state index contributed by atoms with van der Waals surface area (Å²) in [4.78, 5) is 9.11. The molecule has 0 aliphatic rings. The highest BCUT2D eigenvalue weighted by atomic mass is 19.4. The minimum atomic E-state index is -4.53. The smallest absolute Gasteiger partial charge is 0.433 e. The maximum atomic E-state index is 12.9. The third kappa shape index (κ3) is 4.48. The maximum absolute atomic E-state index is 12.9. The van der Waals surface area contributed by atoms with Gasteiger partial charge in [-0.05, 0) is 17.7 Å². The van der Waals surface area contributed by atoms with Crippen molar-refractivity contribution in [2.75, 3.05) is 31.4 Å². The molecule has 0 aliphatic heterocycles. The Kier molecular flexibility index (Phi) is 4.92. The number of hydrogen-bond donors (Lipinski definition) is 1. The fraction of sp³-hybridized carbons (Fsp3) is 0.333. The number of aromatic nitrogens is 2. The van der Waals surface area contributed by atoms with E-state index in [-0.39, 0.29) is 18.3 Å². The zero-order valence-corrected chi connectivity index (χ0v) is 13.0. The van der Waals surface area contributed by atoms with Gasteiger partial charge in [0.1, 0.15) is 11.6 Å². The third-order valence-corrected chi connectivity index (χ3v) is 3.05. The highest BCUT2D eigenvalue weighted by molar-refractivity contribution is 5.44. The van der Waals surface area contributed by atoms with Crippen LogP contribution in [0.3, 0.4) is 0 Å². The van der Waals surface area contributed by atoms with E-state index in [4.69, 9.17) is 4.74 Å². The third-order valence-electron chi connectivity index (χ3n) is 3.05. The van der Waals surface area contributed by atoms with Crippen molar-refractivity contribution in [1.82, 2.24) is 9.97 Å². The van der Waals surface area contributed by atoms with Crippen molar-refractivity contribution in [1.29, 1.82) is 0 Å². The second-order valence-electron chi connectivity index (χ2n) is 5.03. The van der Waals surface area contributed by atoms with E-state index in [9.17, 15) is 13.2 Å². The second kappa shape index (κ2) is 6.72. The predicted molar refractivity (Wildman–Crippen MR) is 81.7 cm³/mol. The summed E-state index contributed by atoms with van der Waals surface area (Å²) in [6.45, 7) is 0.283. The Bertz CT molecular complexity index is 674. The van der Waals surface area contributed by atoms with Crippen molar-refractivity contribution >= 4 is 11.8 Å². The molecular weight excluding hydrogens is 309 g/mol. The van der Waals surface area contributed by atoms with Gasteiger partial charge in [-0.25, -0.2) is 4.98 Å². The molecule has 0 aliphatic carbocycles. The van der Waals surface area contributed by atoms with Gasteiger partial charge in [-0.2, -0.15) is 18.2 Å². The van der Waals surface area contributed by atoms with Gasteiger partial charge in [0.15, 0.2) is 5.69 Å². The van der Waals surface area contributed by atoms with Gasteiger partial charge in [0.25, 0.3) is 0 Å². The zero-order valence-electron chi connectivity index (χ0n) is 13.0. The summed E-state index contributed by atoms with van der Waals surface area (Å²) in [5, 5.41) is 2.82. The molecule has 0 radical (unpaired) electrons. The largest absolute Gasteiger partial charge is 0.497 e. The molecule has 0 saturated heterocycles. The van der Waals surface area contributed by atoms with Crippen LogP contribution in [0.15, 0.2) is 30.3 Å². The molecule has 0 amide bonds. The van der Waals surface area contributed by atoms with Gasteiger partial charge in [-0.15, -0.1) is 0 Å². The lowest BCUT2D eigenvalue weighted by molar-refractivity contribution is -0.141. The molecule has 8 heteroatoms. The van der Waals surface area contributed by atoms with Crippen LogP contribution >= 0.6 is 0 Å². The minimum Gasteiger partial charge on any atom is -0.497 e. The lowest BCUT2D eigenvalue weighted by atomic mass is 10.2. The van der Waals surface area contributed by atoms with Gasteiger partial charge in [0.05, 0.1) is 7.11 Å². The summed E-state index contributed by atoms with van der Waals surface area (Å²) in [5.41, 5.74) is -0.138. The molecule has 23 heavy (non-hydrogen) atoms. The van der Waals surface area contributed by atoms with Crippen molar-refractivity contribution in [3.05, 3.63) is 41.6 Å². The van der Waals surface area contributed by atoms with Crippen LogP contribution < -0.4 is 15.0 Å². The summed E-state index contributed by atoms with van der Waals surface area (Å²) in [5.74, 6) is 0.773. The topological polar surface area (TPSA) is 50.3 Å². The summed E-state index contributed by atoms with van der Waals surface area (Å²) in [6.07, 6.45) is -4.53. The SMILES string of the molecule is COc1cccc(CNc2nc(N(C)C)cc(C(F)(F)F)n2)c1. The van der Waals surface area contributed by atoms with Crippen molar-refractivity contribution < 1.29 is 17.9 Å². The molecule has 0 unspecified atom stereocenters. The molecule has 2 aromatic rings. The van der Waals surface area contributed by atoms with Gasteiger partial charge in [-0.3, -0.25) is 0 Å². The Balaban J connectivity index is 2.23. The van der Waals surface area contributed by atoms with Crippen LogP contribution in [0.25, 0.3) is 0 Å². The highest BCUT2D eigenvalue weighted by Crippen LogP contribution is 2.30. The number of halogens is 3. The number of rotatable bonds is 5. The molecule has 0 fully saturated rings. The molecule has 5 nitrogen and oxygen atoms in total. The number of alkyl halides is 3. The average molecular weight is 326 g/mol. The molecule has 1 aromatic heterocycles. The van der Waals surface area contributed by atoms with E-state index >= 15 is 0 Å². The van der Waals surface area contributed by atoms with Crippen LogP contribution in [0.5, 0.6) is 5.75 Å². The zero-order chi connectivity index (χ0) is 17.0. The van der Waals surface area contributed by atoms with Gasteiger partial charge in [0.2, 0.25) is 5.95 Å². The van der Waals surface area contributed by atoms with E-state index in [0.29, 0.717) is 5.75 Å². The molecule has 0 saturated carbocycles. The van der Waals surface area contributed by atoms with Crippen LogP contribution in [0, 0.1) is 0 Å². The van der Waals surface area contributed by atoms with Crippen LogP contribution in [0.2, 0.25) is 0 Å². The average Bonchev–Trinajstić information content (AvgIpc) is 2.52. The number of nitrogens with one attached hydrogen (secondary N) is 1. The van der Waals surface area contributed by atoms with Crippen molar-refractivity contribution in [3.63, 3.8) is 0 Å². The Morgan fingerprint density at radius 2 is 1.91 bits per heavy atom. The molecular formula is C15H17F3N4O. The number of hydrogen-bond acceptors (Lipinski definition) is 5. The van der Waals surface area contributed by atoms with Gasteiger partial charge in [0, 0.05) is 26.7 Å². The predicted octanol–water partition coefficient (Wildman–Crippen LogP) is 3.18. The molecule has 0 atom stereocenters. The number of anilines is 2. The summed E-state index contributed by atoms with van der Waals surface area (Å²) in [6, 6.07) is 8.11. The number of ether oxygens (including phenoxy) is 1. The summed E-state index contributed by atoms with van der Waals surface area (Å²) >= 11 is 0. The molecule has 1 aromatic carbocycles. The highest BCUT2D eigenvalue weighted by Gasteiger charge is 2.33. The Morgan fingerprint density at radius 1 is 1.17 bits per heavy atom. The lowest BCUT2D eigenvalue weighted by Gasteiger charge is -2.16. The molecule has 0 bridgehead atoms. The maximum Gasteiger partial charge on any atom is 0.433 e. The normalized spacial score (nSPS) is 11.2. The van der Waals surface area contributed by atoms with E-state index in [2.05, 4.69) is 15.3 Å². The first-order valence-corrected chi connectivity index (χ1v) is 6.80. The Hall–Kier alpha value is -2.51. The van der Waals surface area contributed by atoms with Gasteiger partial charge >= 0.3 is 6.18 Å². The monoisotopic (exact) mass is 326 g/mol. The van der Waals surface area contributed by atoms with Crippen LogP contribution in [0.1, 0.15) is 11.3 Å². The van der Waals surface area contributed by atoms with Crippen LogP contribution in [-0.2, 0) is 12.7 Å². The number of methoxy groups -OCH3 is 1. The Morgan fingerprint density at radius 3 is 2.52 bits per heavy atom. The fourth-order valence-corrected chi connectivity index (χ4v) is 1.85. The van der Waals surface area contributed by atoms with Gasteiger partial charge < -0.3 is 15.0 Å². The van der Waals surface area contributed by atoms with Crippen molar-refractivity contribution in [2.45, 2.75) is 12.7 Å². The second-order valence-corrected chi connectivity index (χ2v) is 5.03.